The zero-order valence-electron chi connectivity index (χ0n) is 9.84. The first-order valence-corrected chi connectivity index (χ1v) is 5.89. The van der Waals surface area contributed by atoms with Crippen LogP contribution >= 0.6 is 0 Å². The van der Waals surface area contributed by atoms with Gasteiger partial charge in [-0.1, -0.05) is 18.6 Å². The number of rotatable bonds is 1. The van der Waals surface area contributed by atoms with Crippen molar-refractivity contribution in [2.45, 2.75) is 58.7 Å². The Bertz CT molecular complexity index is 252. The van der Waals surface area contributed by atoms with E-state index in [1.165, 1.54) is 12.8 Å². The molecule has 1 heterocycles. The van der Waals surface area contributed by atoms with Crippen LogP contribution in [-0.4, -0.2) is 11.7 Å². The van der Waals surface area contributed by atoms with Gasteiger partial charge in [0.2, 0.25) is 0 Å². The molecule has 1 aliphatic carbocycles. The Morgan fingerprint density at radius 1 is 1.50 bits per heavy atom. The van der Waals surface area contributed by atoms with Crippen LogP contribution in [0.4, 0.5) is 0 Å². The van der Waals surface area contributed by atoms with E-state index in [-0.39, 0.29) is 5.60 Å². The van der Waals surface area contributed by atoms with Crippen LogP contribution in [0.15, 0.2) is 11.6 Å². The van der Waals surface area contributed by atoms with Crippen LogP contribution < -0.4 is 0 Å². The molecule has 1 aliphatic heterocycles. The Labute approximate surface area is 87.5 Å². The van der Waals surface area contributed by atoms with Crippen molar-refractivity contribution in [2.75, 3.05) is 0 Å². The molecule has 1 saturated heterocycles. The lowest BCUT2D eigenvalue weighted by Crippen LogP contribution is -2.49. The molecular weight excluding hydrogens is 172 g/mol. The van der Waals surface area contributed by atoms with Crippen LogP contribution in [0.3, 0.4) is 0 Å². The van der Waals surface area contributed by atoms with Crippen molar-refractivity contribution >= 4 is 0 Å². The van der Waals surface area contributed by atoms with Crippen molar-refractivity contribution in [3.63, 3.8) is 0 Å². The van der Waals surface area contributed by atoms with Gasteiger partial charge < -0.3 is 4.74 Å². The summed E-state index contributed by atoms with van der Waals surface area (Å²) in [6.07, 6.45) is 6.59. The molecule has 0 radical (unpaired) electrons. The smallest absolute Gasteiger partial charge is 0.0661 e. The van der Waals surface area contributed by atoms with E-state index >= 15 is 0 Å². The van der Waals surface area contributed by atoms with Crippen molar-refractivity contribution in [3.05, 3.63) is 11.6 Å². The second-order valence-electron chi connectivity index (χ2n) is 5.39. The van der Waals surface area contributed by atoms with Gasteiger partial charge in [-0.05, 0) is 46.0 Å². The molecule has 0 amide bonds. The predicted octanol–water partition coefficient (Wildman–Crippen LogP) is 3.55. The molecule has 0 N–H and O–H groups in total. The standard InChI is InChI=1S/C13H22O/c1-5-12-11-8-10(7-6-9(11)2)13(3,4)14-12/h6,10-12H,5,7-8H2,1-4H3/t10-,11-,12+/m1/s1. The van der Waals surface area contributed by atoms with Crippen LogP contribution in [0, 0.1) is 11.8 Å². The third-order valence-electron chi connectivity index (χ3n) is 4.14. The maximum atomic E-state index is 6.22. The Kier molecular flexibility index (Phi) is 2.46. The molecule has 3 atom stereocenters. The van der Waals surface area contributed by atoms with E-state index in [4.69, 9.17) is 4.74 Å². The molecule has 1 fully saturated rings. The molecule has 0 aromatic rings. The second-order valence-corrected chi connectivity index (χ2v) is 5.39. The molecule has 0 aromatic heterocycles. The molecular formula is C13H22O. The van der Waals surface area contributed by atoms with Crippen molar-refractivity contribution in [1.29, 1.82) is 0 Å². The Balaban J connectivity index is 2.26. The van der Waals surface area contributed by atoms with E-state index in [1.54, 1.807) is 5.57 Å². The number of allylic oxidation sites excluding steroid dienone is 1. The highest BCUT2D eigenvalue weighted by molar-refractivity contribution is 5.14. The van der Waals surface area contributed by atoms with Crippen molar-refractivity contribution in [3.8, 4) is 0 Å². The maximum Gasteiger partial charge on any atom is 0.0661 e. The van der Waals surface area contributed by atoms with E-state index < -0.39 is 0 Å². The van der Waals surface area contributed by atoms with Gasteiger partial charge in [0.1, 0.15) is 0 Å². The predicted molar refractivity (Wildman–Crippen MR) is 59.2 cm³/mol. The Morgan fingerprint density at radius 3 is 2.86 bits per heavy atom. The van der Waals surface area contributed by atoms with Gasteiger partial charge in [0.05, 0.1) is 11.7 Å². The highest BCUT2D eigenvalue weighted by Crippen LogP contribution is 2.45. The summed E-state index contributed by atoms with van der Waals surface area (Å²) >= 11 is 0. The summed E-state index contributed by atoms with van der Waals surface area (Å²) in [4.78, 5) is 0. The first-order valence-electron chi connectivity index (χ1n) is 5.89. The molecule has 2 bridgehead atoms. The lowest BCUT2D eigenvalue weighted by Gasteiger charge is -2.49. The van der Waals surface area contributed by atoms with Gasteiger partial charge in [-0.25, -0.2) is 0 Å². The van der Waals surface area contributed by atoms with Crippen LogP contribution in [0.1, 0.15) is 47.0 Å². The molecule has 1 heteroatoms. The van der Waals surface area contributed by atoms with E-state index in [0.29, 0.717) is 12.0 Å². The minimum Gasteiger partial charge on any atom is -0.371 e. The third kappa shape index (κ3) is 1.52. The van der Waals surface area contributed by atoms with Crippen LogP contribution in [0.25, 0.3) is 0 Å². The van der Waals surface area contributed by atoms with Gasteiger partial charge in [0, 0.05) is 5.92 Å². The van der Waals surface area contributed by atoms with Gasteiger partial charge >= 0.3 is 0 Å². The van der Waals surface area contributed by atoms with Crippen LogP contribution in [-0.2, 0) is 4.74 Å². The van der Waals surface area contributed by atoms with Crippen molar-refractivity contribution < 1.29 is 4.74 Å². The fourth-order valence-corrected chi connectivity index (χ4v) is 3.02. The first kappa shape index (κ1) is 10.2. The summed E-state index contributed by atoms with van der Waals surface area (Å²) in [5.41, 5.74) is 1.65. The molecule has 0 unspecified atom stereocenters. The third-order valence-corrected chi connectivity index (χ3v) is 4.14. The van der Waals surface area contributed by atoms with Gasteiger partial charge in [-0.15, -0.1) is 0 Å². The van der Waals surface area contributed by atoms with E-state index in [1.807, 2.05) is 0 Å². The Morgan fingerprint density at radius 2 is 2.21 bits per heavy atom. The summed E-state index contributed by atoms with van der Waals surface area (Å²) in [7, 11) is 0. The topological polar surface area (TPSA) is 9.23 Å². The number of ether oxygens (including phenoxy) is 1. The largest absolute Gasteiger partial charge is 0.371 e. The summed E-state index contributed by atoms with van der Waals surface area (Å²) in [5.74, 6) is 1.44. The van der Waals surface area contributed by atoms with E-state index in [0.717, 1.165) is 12.3 Å². The Hall–Kier alpha value is -0.300. The van der Waals surface area contributed by atoms with Crippen LogP contribution in [0.5, 0.6) is 0 Å². The lowest BCUT2D eigenvalue weighted by atomic mass is 9.69. The molecule has 0 spiro atoms. The van der Waals surface area contributed by atoms with Gasteiger partial charge in [0.15, 0.2) is 0 Å². The van der Waals surface area contributed by atoms with Crippen molar-refractivity contribution in [2.24, 2.45) is 11.8 Å². The fourth-order valence-electron chi connectivity index (χ4n) is 3.02. The zero-order valence-corrected chi connectivity index (χ0v) is 9.84. The highest BCUT2D eigenvalue weighted by atomic mass is 16.5. The highest BCUT2D eigenvalue weighted by Gasteiger charge is 2.43. The first-order chi connectivity index (χ1) is 6.54. The molecule has 2 rings (SSSR count). The molecule has 2 aliphatic rings. The molecule has 14 heavy (non-hydrogen) atoms. The van der Waals surface area contributed by atoms with Gasteiger partial charge in [-0.2, -0.15) is 0 Å². The average molecular weight is 194 g/mol. The zero-order chi connectivity index (χ0) is 10.3. The molecule has 0 saturated carbocycles. The average Bonchev–Trinajstić information content (AvgIpc) is 2.14. The molecule has 80 valence electrons. The minimum absolute atomic E-state index is 0.0916. The maximum absolute atomic E-state index is 6.22. The molecule has 1 nitrogen and oxygen atoms in total. The summed E-state index contributed by atoms with van der Waals surface area (Å²) in [6.45, 7) is 9.02. The van der Waals surface area contributed by atoms with E-state index in [9.17, 15) is 0 Å². The van der Waals surface area contributed by atoms with Gasteiger partial charge in [-0.3, -0.25) is 0 Å². The molecule has 0 aromatic carbocycles. The number of fused-ring (bicyclic) bond motifs is 2. The SMILES string of the molecule is CC[C@@H]1OC(C)(C)[C@@H]2CC=C(C)[C@H]1C2. The quantitative estimate of drug-likeness (QED) is 0.580. The fraction of sp³-hybridized carbons (Fsp3) is 0.846. The normalized spacial score (nSPS) is 40.6. The van der Waals surface area contributed by atoms with Crippen LogP contribution in [0.2, 0.25) is 0 Å². The summed E-state index contributed by atoms with van der Waals surface area (Å²) < 4.78 is 6.22. The minimum atomic E-state index is 0.0916. The summed E-state index contributed by atoms with van der Waals surface area (Å²) in [5, 5.41) is 0. The van der Waals surface area contributed by atoms with E-state index in [2.05, 4.69) is 33.8 Å². The van der Waals surface area contributed by atoms with Gasteiger partial charge in [0.25, 0.3) is 0 Å². The number of hydrogen-bond acceptors (Lipinski definition) is 1. The lowest BCUT2D eigenvalue weighted by molar-refractivity contribution is -0.164. The number of hydrogen-bond donors (Lipinski definition) is 0. The van der Waals surface area contributed by atoms with Crippen molar-refractivity contribution in [1.82, 2.24) is 0 Å². The second kappa shape index (κ2) is 3.37. The monoisotopic (exact) mass is 194 g/mol. The summed E-state index contributed by atoms with van der Waals surface area (Å²) in [6, 6.07) is 0.